The molecular formula is C13H18O3. The summed E-state index contributed by atoms with van der Waals surface area (Å²) in [6.45, 7) is 2.06. The van der Waals surface area contributed by atoms with E-state index in [2.05, 4.69) is 6.92 Å². The lowest BCUT2D eigenvalue weighted by Gasteiger charge is -2.15. The first-order valence-electron chi connectivity index (χ1n) is 5.53. The van der Waals surface area contributed by atoms with Gasteiger partial charge in [0.05, 0.1) is 13.5 Å². The van der Waals surface area contributed by atoms with Gasteiger partial charge in [-0.1, -0.05) is 25.5 Å². The third-order valence-corrected chi connectivity index (χ3v) is 2.62. The number of benzene rings is 1. The number of rotatable bonds is 6. The molecule has 0 heterocycles. The molecule has 3 heteroatoms. The molecule has 0 radical (unpaired) electrons. The Balaban J connectivity index is 2.86. The highest BCUT2D eigenvalue weighted by molar-refractivity contribution is 5.68. The number of ether oxygens (including phenoxy) is 1. The molecule has 0 aromatic heterocycles. The second-order valence-corrected chi connectivity index (χ2v) is 3.86. The summed E-state index contributed by atoms with van der Waals surface area (Å²) in [5.74, 6) is 0.114. The Bertz CT molecular complexity index is 347. The number of hydrogen-bond donors (Lipinski definition) is 1. The van der Waals surface area contributed by atoms with Crippen molar-refractivity contribution < 1.29 is 14.6 Å². The number of methoxy groups -OCH3 is 1. The van der Waals surface area contributed by atoms with Crippen LogP contribution in [-0.4, -0.2) is 18.2 Å². The maximum absolute atomic E-state index is 10.8. The molecule has 0 bridgehead atoms. The Hall–Kier alpha value is -1.51. The van der Waals surface area contributed by atoms with Gasteiger partial charge in [0.1, 0.15) is 5.75 Å². The van der Waals surface area contributed by atoms with Crippen molar-refractivity contribution in [2.75, 3.05) is 7.11 Å². The van der Waals surface area contributed by atoms with E-state index in [-0.39, 0.29) is 12.3 Å². The summed E-state index contributed by atoms with van der Waals surface area (Å²) >= 11 is 0. The van der Waals surface area contributed by atoms with Gasteiger partial charge < -0.3 is 9.84 Å². The van der Waals surface area contributed by atoms with E-state index in [4.69, 9.17) is 9.84 Å². The summed E-state index contributed by atoms with van der Waals surface area (Å²) in [7, 11) is 1.62. The zero-order valence-electron chi connectivity index (χ0n) is 9.77. The zero-order valence-corrected chi connectivity index (χ0v) is 9.77. The summed E-state index contributed by atoms with van der Waals surface area (Å²) < 4.78 is 5.14. The molecule has 0 spiro atoms. The van der Waals surface area contributed by atoms with Gasteiger partial charge in [0.15, 0.2) is 0 Å². The van der Waals surface area contributed by atoms with E-state index in [1.54, 1.807) is 7.11 Å². The van der Waals surface area contributed by atoms with E-state index in [9.17, 15) is 4.79 Å². The van der Waals surface area contributed by atoms with Crippen LogP contribution in [0.5, 0.6) is 5.75 Å². The lowest BCUT2D eigenvalue weighted by atomic mass is 9.91. The fourth-order valence-corrected chi connectivity index (χ4v) is 1.84. The van der Waals surface area contributed by atoms with Gasteiger partial charge in [-0.25, -0.2) is 0 Å². The number of hydrogen-bond acceptors (Lipinski definition) is 2. The maximum atomic E-state index is 10.8. The van der Waals surface area contributed by atoms with Gasteiger partial charge >= 0.3 is 5.97 Å². The molecule has 1 atom stereocenters. The summed E-state index contributed by atoms with van der Waals surface area (Å²) in [5, 5.41) is 8.87. The molecule has 0 aliphatic carbocycles. The monoisotopic (exact) mass is 222 g/mol. The van der Waals surface area contributed by atoms with Crippen LogP contribution in [0.3, 0.4) is 0 Å². The van der Waals surface area contributed by atoms with Crippen LogP contribution >= 0.6 is 0 Å². The lowest BCUT2D eigenvalue weighted by molar-refractivity contribution is -0.137. The van der Waals surface area contributed by atoms with Crippen molar-refractivity contribution in [1.29, 1.82) is 0 Å². The second-order valence-electron chi connectivity index (χ2n) is 3.86. The fraction of sp³-hybridized carbons (Fsp3) is 0.462. The van der Waals surface area contributed by atoms with E-state index in [1.165, 1.54) is 0 Å². The predicted molar refractivity (Wildman–Crippen MR) is 62.9 cm³/mol. The van der Waals surface area contributed by atoms with Crippen LogP contribution in [0.4, 0.5) is 0 Å². The summed E-state index contributed by atoms with van der Waals surface area (Å²) in [4.78, 5) is 10.8. The topological polar surface area (TPSA) is 46.5 Å². The van der Waals surface area contributed by atoms with Crippen LogP contribution in [0.15, 0.2) is 24.3 Å². The second kappa shape index (κ2) is 6.16. The Kier molecular flexibility index (Phi) is 4.83. The van der Waals surface area contributed by atoms with E-state index in [0.29, 0.717) is 0 Å². The van der Waals surface area contributed by atoms with Crippen LogP contribution in [0.25, 0.3) is 0 Å². The third kappa shape index (κ3) is 3.57. The van der Waals surface area contributed by atoms with Crippen LogP contribution in [0.2, 0.25) is 0 Å². The molecule has 0 aliphatic heterocycles. The third-order valence-electron chi connectivity index (χ3n) is 2.62. The SMILES string of the molecule is CCCC(CC(=O)O)c1cccc(OC)c1. The van der Waals surface area contributed by atoms with Crippen molar-refractivity contribution in [3.63, 3.8) is 0 Å². The summed E-state index contributed by atoms with van der Waals surface area (Å²) in [6.07, 6.45) is 2.05. The minimum absolute atomic E-state index is 0.0811. The van der Waals surface area contributed by atoms with Crippen LogP contribution < -0.4 is 4.74 Å². The first kappa shape index (κ1) is 12.6. The zero-order chi connectivity index (χ0) is 12.0. The molecule has 1 aromatic rings. The summed E-state index contributed by atoms with van der Waals surface area (Å²) in [5.41, 5.74) is 1.05. The van der Waals surface area contributed by atoms with Crippen molar-refractivity contribution in [2.24, 2.45) is 0 Å². The molecule has 1 aromatic carbocycles. The minimum atomic E-state index is -0.749. The van der Waals surface area contributed by atoms with Gasteiger partial charge in [-0.2, -0.15) is 0 Å². The van der Waals surface area contributed by atoms with Crippen molar-refractivity contribution in [1.82, 2.24) is 0 Å². The largest absolute Gasteiger partial charge is 0.497 e. The number of aliphatic carboxylic acids is 1. The Morgan fingerprint density at radius 2 is 2.25 bits per heavy atom. The average molecular weight is 222 g/mol. The van der Waals surface area contributed by atoms with Gasteiger partial charge in [-0.15, -0.1) is 0 Å². The van der Waals surface area contributed by atoms with Crippen LogP contribution in [-0.2, 0) is 4.79 Å². The number of carboxylic acid groups (broad SMARTS) is 1. The van der Waals surface area contributed by atoms with Crippen LogP contribution in [0.1, 0.15) is 37.7 Å². The quantitative estimate of drug-likeness (QED) is 0.804. The molecule has 1 N–H and O–H groups in total. The van der Waals surface area contributed by atoms with Crippen molar-refractivity contribution in [3.8, 4) is 5.75 Å². The molecule has 16 heavy (non-hydrogen) atoms. The molecule has 1 rings (SSSR count). The Labute approximate surface area is 96.1 Å². The lowest BCUT2D eigenvalue weighted by Crippen LogP contribution is -2.06. The van der Waals surface area contributed by atoms with E-state index in [1.807, 2.05) is 24.3 Å². The molecule has 0 aliphatic rings. The standard InChI is InChI=1S/C13H18O3/c1-3-5-10(9-13(14)15)11-6-4-7-12(8-11)16-2/h4,6-8,10H,3,5,9H2,1-2H3,(H,14,15). The van der Waals surface area contributed by atoms with Gasteiger partial charge in [-0.3, -0.25) is 4.79 Å². The van der Waals surface area contributed by atoms with E-state index < -0.39 is 5.97 Å². The highest BCUT2D eigenvalue weighted by Gasteiger charge is 2.15. The van der Waals surface area contributed by atoms with Crippen molar-refractivity contribution in [3.05, 3.63) is 29.8 Å². The van der Waals surface area contributed by atoms with E-state index >= 15 is 0 Å². The molecule has 0 fully saturated rings. The molecule has 0 saturated heterocycles. The molecule has 1 unspecified atom stereocenters. The van der Waals surface area contributed by atoms with E-state index in [0.717, 1.165) is 24.2 Å². The molecule has 0 saturated carbocycles. The number of carbonyl (C=O) groups is 1. The fourth-order valence-electron chi connectivity index (χ4n) is 1.84. The highest BCUT2D eigenvalue weighted by atomic mass is 16.5. The Morgan fingerprint density at radius 3 is 2.81 bits per heavy atom. The molecule has 88 valence electrons. The van der Waals surface area contributed by atoms with Crippen LogP contribution in [0, 0.1) is 0 Å². The first-order valence-corrected chi connectivity index (χ1v) is 5.53. The Morgan fingerprint density at radius 1 is 1.50 bits per heavy atom. The minimum Gasteiger partial charge on any atom is -0.497 e. The van der Waals surface area contributed by atoms with Gasteiger partial charge in [-0.05, 0) is 30.0 Å². The van der Waals surface area contributed by atoms with Crippen molar-refractivity contribution in [2.45, 2.75) is 32.1 Å². The molecule has 3 nitrogen and oxygen atoms in total. The summed E-state index contributed by atoms with van der Waals surface area (Å²) in [6, 6.07) is 7.65. The molecule has 0 amide bonds. The average Bonchev–Trinajstić information content (AvgIpc) is 2.28. The predicted octanol–water partition coefficient (Wildman–Crippen LogP) is 3.05. The maximum Gasteiger partial charge on any atom is 0.303 e. The van der Waals surface area contributed by atoms with Gasteiger partial charge in [0, 0.05) is 0 Å². The van der Waals surface area contributed by atoms with Gasteiger partial charge in [0.25, 0.3) is 0 Å². The highest BCUT2D eigenvalue weighted by Crippen LogP contribution is 2.27. The number of carboxylic acids is 1. The molecular weight excluding hydrogens is 204 g/mol. The van der Waals surface area contributed by atoms with Crippen molar-refractivity contribution >= 4 is 5.97 Å². The smallest absolute Gasteiger partial charge is 0.303 e. The normalized spacial score (nSPS) is 12.1. The van der Waals surface area contributed by atoms with Gasteiger partial charge in [0.2, 0.25) is 0 Å². The first-order chi connectivity index (χ1) is 7.67.